The van der Waals surface area contributed by atoms with Crippen LogP contribution < -0.4 is 5.73 Å². The standard InChI is InChI=1S/C15H27N3O2/c1-15(2,3)11-6-5-10(8-16)12(7-11)18-13(19)9-17(4)14(18)20/h10-12H,5-9,16H2,1-4H3. The Balaban J connectivity index is 2.21. The maximum atomic E-state index is 12.2. The van der Waals surface area contributed by atoms with Crippen LogP contribution in [0.2, 0.25) is 0 Å². The third kappa shape index (κ3) is 2.68. The normalized spacial score (nSPS) is 32.1. The molecule has 5 nitrogen and oxygen atoms in total. The van der Waals surface area contributed by atoms with Gasteiger partial charge in [0.15, 0.2) is 0 Å². The Morgan fingerprint density at radius 3 is 2.35 bits per heavy atom. The third-order valence-electron chi connectivity index (χ3n) is 4.99. The molecule has 2 aliphatic rings. The summed E-state index contributed by atoms with van der Waals surface area (Å²) in [4.78, 5) is 27.3. The number of carbonyl (C=O) groups excluding carboxylic acids is 2. The summed E-state index contributed by atoms with van der Waals surface area (Å²) in [5.74, 6) is 0.699. The molecule has 20 heavy (non-hydrogen) atoms. The molecule has 0 aromatic rings. The van der Waals surface area contributed by atoms with Crippen LogP contribution in [0.1, 0.15) is 40.0 Å². The highest BCUT2D eigenvalue weighted by Crippen LogP contribution is 2.42. The molecule has 114 valence electrons. The minimum absolute atomic E-state index is 0.0251. The lowest BCUT2D eigenvalue weighted by Crippen LogP contribution is -2.51. The van der Waals surface area contributed by atoms with E-state index in [1.807, 2.05) is 0 Å². The number of urea groups is 1. The summed E-state index contributed by atoms with van der Waals surface area (Å²) in [6.07, 6.45) is 3.02. The zero-order valence-electron chi connectivity index (χ0n) is 13.1. The van der Waals surface area contributed by atoms with Gasteiger partial charge in [0, 0.05) is 13.1 Å². The predicted molar refractivity (Wildman–Crippen MR) is 78.0 cm³/mol. The molecule has 3 atom stereocenters. The summed E-state index contributed by atoms with van der Waals surface area (Å²) in [6, 6.07) is -0.184. The van der Waals surface area contributed by atoms with E-state index >= 15 is 0 Å². The van der Waals surface area contributed by atoms with Gasteiger partial charge in [-0.2, -0.15) is 0 Å². The SMILES string of the molecule is CN1CC(=O)N(C2CC(C(C)(C)C)CCC2CN)C1=O. The lowest BCUT2D eigenvalue weighted by Gasteiger charge is -2.44. The first-order valence-corrected chi connectivity index (χ1v) is 7.53. The minimum Gasteiger partial charge on any atom is -0.330 e. The fourth-order valence-electron chi connectivity index (χ4n) is 3.55. The van der Waals surface area contributed by atoms with Crippen molar-refractivity contribution in [3.63, 3.8) is 0 Å². The largest absolute Gasteiger partial charge is 0.330 e. The van der Waals surface area contributed by atoms with Crippen molar-refractivity contribution in [2.24, 2.45) is 23.0 Å². The molecule has 0 aromatic carbocycles. The van der Waals surface area contributed by atoms with Gasteiger partial charge in [0.25, 0.3) is 5.91 Å². The van der Waals surface area contributed by atoms with E-state index in [0.29, 0.717) is 12.5 Å². The number of likely N-dealkylation sites (N-methyl/N-ethyl adjacent to an activating group) is 1. The van der Waals surface area contributed by atoms with E-state index in [1.54, 1.807) is 7.05 Å². The molecular formula is C15H27N3O2. The molecule has 0 bridgehead atoms. The van der Waals surface area contributed by atoms with E-state index in [9.17, 15) is 9.59 Å². The van der Waals surface area contributed by atoms with Crippen molar-refractivity contribution in [1.29, 1.82) is 0 Å². The first-order chi connectivity index (χ1) is 9.25. The van der Waals surface area contributed by atoms with Crippen LogP contribution in [0, 0.1) is 17.3 Å². The Morgan fingerprint density at radius 1 is 1.25 bits per heavy atom. The summed E-state index contributed by atoms with van der Waals surface area (Å²) in [5, 5.41) is 0. The second-order valence-electron chi connectivity index (χ2n) is 7.34. The predicted octanol–water partition coefficient (Wildman–Crippen LogP) is 1.67. The fourth-order valence-corrected chi connectivity index (χ4v) is 3.55. The quantitative estimate of drug-likeness (QED) is 0.783. The number of hydrogen-bond acceptors (Lipinski definition) is 3. The molecule has 0 aromatic heterocycles. The van der Waals surface area contributed by atoms with Crippen LogP contribution in [0.4, 0.5) is 4.79 Å². The van der Waals surface area contributed by atoms with Gasteiger partial charge in [-0.25, -0.2) is 4.79 Å². The molecule has 1 heterocycles. The van der Waals surface area contributed by atoms with Crippen LogP contribution in [0.15, 0.2) is 0 Å². The van der Waals surface area contributed by atoms with Crippen LogP contribution in [0.5, 0.6) is 0 Å². The summed E-state index contributed by atoms with van der Waals surface area (Å²) in [7, 11) is 1.68. The van der Waals surface area contributed by atoms with Gasteiger partial charge >= 0.3 is 6.03 Å². The number of imide groups is 1. The minimum atomic E-state index is -0.159. The van der Waals surface area contributed by atoms with E-state index in [4.69, 9.17) is 5.73 Å². The summed E-state index contributed by atoms with van der Waals surface area (Å²) in [6.45, 7) is 7.45. The molecule has 1 aliphatic carbocycles. The Hall–Kier alpha value is -1.10. The second kappa shape index (κ2) is 5.35. The molecule has 5 heteroatoms. The van der Waals surface area contributed by atoms with Crippen molar-refractivity contribution in [1.82, 2.24) is 9.80 Å². The summed E-state index contributed by atoms with van der Waals surface area (Å²) in [5.41, 5.74) is 6.08. The number of carbonyl (C=O) groups is 2. The lowest BCUT2D eigenvalue weighted by molar-refractivity contribution is -0.128. The highest BCUT2D eigenvalue weighted by atomic mass is 16.2. The van der Waals surface area contributed by atoms with E-state index in [1.165, 1.54) is 9.80 Å². The molecule has 2 fully saturated rings. The molecule has 3 amide bonds. The second-order valence-corrected chi connectivity index (χ2v) is 7.34. The molecule has 0 radical (unpaired) electrons. The molecular weight excluding hydrogens is 254 g/mol. The Morgan fingerprint density at radius 2 is 1.90 bits per heavy atom. The van der Waals surface area contributed by atoms with E-state index in [2.05, 4.69) is 20.8 Å². The number of hydrogen-bond donors (Lipinski definition) is 1. The van der Waals surface area contributed by atoms with Crippen molar-refractivity contribution in [2.45, 2.75) is 46.1 Å². The maximum Gasteiger partial charge on any atom is 0.327 e. The van der Waals surface area contributed by atoms with Gasteiger partial charge in [-0.15, -0.1) is 0 Å². The van der Waals surface area contributed by atoms with Crippen LogP contribution in [0.25, 0.3) is 0 Å². The molecule has 1 saturated carbocycles. The Bertz CT molecular complexity index is 402. The van der Waals surface area contributed by atoms with Gasteiger partial charge < -0.3 is 10.6 Å². The average Bonchev–Trinajstić information content (AvgIpc) is 2.61. The molecule has 2 rings (SSSR count). The first kappa shape index (κ1) is 15.3. The van der Waals surface area contributed by atoms with Crippen LogP contribution in [0.3, 0.4) is 0 Å². The van der Waals surface area contributed by atoms with Gasteiger partial charge in [-0.3, -0.25) is 9.69 Å². The zero-order valence-corrected chi connectivity index (χ0v) is 13.1. The van der Waals surface area contributed by atoms with E-state index < -0.39 is 0 Å². The smallest absolute Gasteiger partial charge is 0.327 e. The molecule has 3 unspecified atom stereocenters. The number of nitrogens with zero attached hydrogens (tertiary/aromatic N) is 2. The Kier molecular flexibility index (Phi) is 4.09. The van der Waals surface area contributed by atoms with Gasteiger partial charge in [0.05, 0.1) is 0 Å². The fraction of sp³-hybridized carbons (Fsp3) is 0.867. The van der Waals surface area contributed by atoms with Crippen molar-refractivity contribution in [3.8, 4) is 0 Å². The third-order valence-corrected chi connectivity index (χ3v) is 4.99. The topological polar surface area (TPSA) is 66.6 Å². The van der Waals surface area contributed by atoms with Crippen molar-refractivity contribution >= 4 is 11.9 Å². The van der Waals surface area contributed by atoms with Crippen LogP contribution in [-0.4, -0.2) is 47.9 Å². The van der Waals surface area contributed by atoms with E-state index in [-0.39, 0.29) is 35.9 Å². The van der Waals surface area contributed by atoms with Crippen molar-refractivity contribution in [2.75, 3.05) is 20.1 Å². The lowest BCUT2D eigenvalue weighted by atomic mass is 9.67. The molecule has 1 saturated heterocycles. The average molecular weight is 281 g/mol. The van der Waals surface area contributed by atoms with Gasteiger partial charge in [-0.1, -0.05) is 20.8 Å². The van der Waals surface area contributed by atoms with Gasteiger partial charge in [0.2, 0.25) is 0 Å². The first-order valence-electron chi connectivity index (χ1n) is 7.53. The van der Waals surface area contributed by atoms with Crippen LogP contribution >= 0.6 is 0 Å². The molecule has 2 N–H and O–H groups in total. The van der Waals surface area contributed by atoms with Crippen molar-refractivity contribution in [3.05, 3.63) is 0 Å². The monoisotopic (exact) mass is 281 g/mol. The molecule has 1 aliphatic heterocycles. The van der Waals surface area contributed by atoms with E-state index in [0.717, 1.165) is 19.3 Å². The van der Waals surface area contributed by atoms with Crippen molar-refractivity contribution < 1.29 is 9.59 Å². The number of amides is 3. The number of nitrogens with two attached hydrogens (primary N) is 1. The highest BCUT2D eigenvalue weighted by molar-refractivity contribution is 6.02. The van der Waals surface area contributed by atoms with Gasteiger partial charge in [0.1, 0.15) is 6.54 Å². The summed E-state index contributed by atoms with van der Waals surface area (Å²) >= 11 is 0. The highest BCUT2D eigenvalue weighted by Gasteiger charge is 2.45. The van der Waals surface area contributed by atoms with Gasteiger partial charge in [-0.05, 0) is 43.1 Å². The Labute approximate surface area is 121 Å². The summed E-state index contributed by atoms with van der Waals surface area (Å²) < 4.78 is 0. The zero-order chi connectivity index (χ0) is 15.1. The maximum absolute atomic E-state index is 12.2. The number of rotatable bonds is 2. The van der Waals surface area contributed by atoms with Crippen LogP contribution in [-0.2, 0) is 4.79 Å². The molecule has 0 spiro atoms.